The van der Waals surface area contributed by atoms with Gasteiger partial charge in [-0.25, -0.2) is 4.98 Å². The van der Waals surface area contributed by atoms with Crippen molar-refractivity contribution in [3.63, 3.8) is 0 Å². The Bertz CT molecular complexity index is 521. The standard InChI is InChI=1S/C8H6BrN3O2/c1-5-6(12(13)14)4-11-3-2-10-8(11)7(5)9/h2-4H,1H3. The van der Waals surface area contributed by atoms with Crippen LogP contribution in [0.15, 0.2) is 23.1 Å². The maximum atomic E-state index is 10.7. The fourth-order valence-electron chi connectivity index (χ4n) is 1.28. The van der Waals surface area contributed by atoms with E-state index in [-0.39, 0.29) is 5.69 Å². The van der Waals surface area contributed by atoms with Gasteiger partial charge in [0.1, 0.15) is 0 Å². The van der Waals surface area contributed by atoms with Gasteiger partial charge < -0.3 is 0 Å². The second kappa shape index (κ2) is 3.06. The molecular weight excluding hydrogens is 250 g/mol. The molecule has 0 aromatic carbocycles. The highest BCUT2D eigenvalue weighted by atomic mass is 79.9. The molecule has 0 atom stereocenters. The lowest BCUT2D eigenvalue weighted by atomic mass is 10.2. The Morgan fingerprint density at radius 3 is 3.00 bits per heavy atom. The van der Waals surface area contributed by atoms with Gasteiger partial charge in [0, 0.05) is 18.0 Å². The molecule has 2 aromatic rings. The molecular formula is C8H6BrN3O2. The topological polar surface area (TPSA) is 60.4 Å². The molecule has 6 heteroatoms. The van der Waals surface area contributed by atoms with E-state index in [1.54, 1.807) is 23.7 Å². The maximum Gasteiger partial charge on any atom is 0.290 e. The van der Waals surface area contributed by atoms with E-state index in [1.807, 2.05) is 0 Å². The third kappa shape index (κ3) is 1.19. The van der Waals surface area contributed by atoms with Gasteiger partial charge in [-0.1, -0.05) is 0 Å². The molecule has 0 N–H and O–H groups in total. The Morgan fingerprint density at radius 1 is 1.64 bits per heavy atom. The Labute approximate surface area is 87.7 Å². The highest BCUT2D eigenvalue weighted by Crippen LogP contribution is 2.28. The summed E-state index contributed by atoms with van der Waals surface area (Å²) in [6.07, 6.45) is 4.73. The quantitative estimate of drug-likeness (QED) is 0.581. The van der Waals surface area contributed by atoms with E-state index < -0.39 is 4.92 Å². The number of hydrogen-bond acceptors (Lipinski definition) is 3. The van der Waals surface area contributed by atoms with E-state index in [4.69, 9.17) is 0 Å². The Hall–Kier alpha value is -1.43. The summed E-state index contributed by atoms with van der Waals surface area (Å²) in [5, 5.41) is 10.7. The van der Waals surface area contributed by atoms with E-state index >= 15 is 0 Å². The molecule has 72 valence electrons. The minimum absolute atomic E-state index is 0.0855. The van der Waals surface area contributed by atoms with Gasteiger partial charge in [0.25, 0.3) is 5.69 Å². The van der Waals surface area contributed by atoms with Gasteiger partial charge in [-0.2, -0.15) is 0 Å². The molecule has 0 amide bonds. The smallest absolute Gasteiger partial charge is 0.290 e. The van der Waals surface area contributed by atoms with E-state index in [1.165, 1.54) is 6.20 Å². The average molecular weight is 256 g/mol. The number of pyridine rings is 1. The number of fused-ring (bicyclic) bond motifs is 1. The van der Waals surface area contributed by atoms with Crippen LogP contribution in [0.1, 0.15) is 5.56 Å². The molecule has 0 aliphatic rings. The molecule has 2 heterocycles. The lowest BCUT2D eigenvalue weighted by Crippen LogP contribution is -1.96. The molecule has 2 aromatic heterocycles. The number of halogens is 1. The third-order valence-corrected chi connectivity index (χ3v) is 2.99. The summed E-state index contributed by atoms with van der Waals surface area (Å²) < 4.78 is 2.28. The van der Waals surface area contributed by atoms with Crippen molar-refractivity contribution in [2.24, 2.45) is 0 Å². The van der Waals surface area contributed by atoms with Gasteiger partial charge in [0.15, 0.2) is 5.65 Å². The first-order valence-electron chi connectivity index (χ1n) is 3.87. The number of nitrogens with zero attached hydrogens (tertiary/aromatic N) is 3. The normalized spacial score (nSPS) is 10.7. The largest absolute Gasteiger partial charge is 0.299 e. The molecule has 0 saturated carbocycles. The average Bonchev–Trinajstić information content (AvgIpc) is 2.58. The fourth-order valence-corrected chi connectivity index (χ4v) is 1.79. The molecule has 0 fully saturated rings. The van der Waals surface area contributed by atoms with E-state index in [0.717, 1.165) is 0 Å². The van der Waals surface area contributed by atoms with Crippen LogP contribution >= 0.6 is 15.9 Å². The number of aromatic nitrogens is 2. The SMILES string of the molecule is Cc1c([N+](=O)[O-])cn2ccnc2c1Br. The van der Waals surface area contributed by atoms with Gasteiger partial charge in [-0.3, -0.25) is 14.5 Å². The predicted octanol–water partition coefficient (Wildman–Crippen LogP) is 2.31. The molecule has 0 bridgehead atoms. The highest BCUT2D eigenvalue weighted by Gasteiger charge is 2.16. The minimum Gasteiger partial charge on any atom is -0.299 e. The predicted molar refractivity (Wildman–Crippen MR) is 54.3 cm³/mol. The molecule has 0 aliphatic carbocycles. The number of imidazole rings is 1. The van der Waals surface area contributed by atoms with Crippen LogP contribution in [0.3, 0.4) is 0 Å². The summed E-state index contributed by atoms with van der Waals surface area (Å²) in [4.78, 5) is 14.4. The minimum atomic E-state index is -0.403. The summed E-state index contributed by atoms with van der Waals surface area (Å²) in [5.41, 5.74) is 1.36. The molecule has 0 spiro atoms. The fraction of sp³-hybridized carbons (Fsp3) is 0.125. The van der Waals surface area contributed by atoms with Crippen molar-refractivity contribution >= 4 is 27.3 Å². The van der Waals surface area contributed by atoms with Gasteiger partial charge >= 0.3 is 0 Å². The van der Waals surface area contributed by atoms with E-state index in [2.05, 4.69) is 20.9 Å². The molecule has 5 nitrogen and oxygen atoms in total. The summed E-state index contributed by atoms with van der Waals surface area (Å²) in [6, 6.07) is 0. The Kier molecular flexibility index (Phi) is 1.99. The second-order valence-electron chi connectivity index (χ2n) is 2.87. The van der Waals surface area contributed by atoms with Crippen molar-refractivity contribution in [1.82, 2.24) is 9.38 Å². The van der Waals surface area contributed by atoms with Crippen LogP contribution < -0.4 is 0 Å². The van der Waals surface area contributed by atoms with Gasteiger partial charge in [-0.15, -0.1) is 0 Å². The monoisotopic (exact) mass is 255 g/mol. The number of rotatable bonds is 1. The number of nitro groups is 1. The van der Waals surface area contributed by atoms with Crippen LogP contribution in [0.25, 0.3) is 5.65 Å². The van der Waals surface area contributed by atoms with E-state index in [0.29, 0.717) is 15.7 Å². The summed E-state index contributed by atoms with van der Waals surface area (Å²) in [7, 11) is 0. The first-order chi connectivity index (χ1) is 6.61. The van der Waals surface area contributed by atoms with Gasteiger partial charge in [0.2, 0.25) is 0 Å². The third-order valence-electron chi connectivity index (χ3n) is 2.04. The van der Waals surface area contributed by atoms with Crippen LogP contribution in [0.2, 0.25) is 0 Å². The molecule has 0 radical (unpaired) electrons. The zero-order valence-electron chi connectivity index (χ0n) is 7.27. The first kappa shape index (κ1) is 9.14. The zero-order chi connectivity index (χ0) is 10.3. The van der Waals surface area contributed by atoms with Crippen LogP contribution in [0, 0.1) is 17.0 Å². The second-order valence-corrected chi connectivity index (χ2v) is 3.66. The lowest BCUT2D eigenvalue weighted by Gasteiger charge is -2.02. The zero-order valence-corrected chi connectivity index (χ0v) is 8.85. The molecule has 2 rings (SSSR count). The lowest BCUT2D eigenvalue weighted by molar-refractivity contribution is -0.385. The summed E-state index contributed by atoms with van der Waals surface area (Å²) in [6.45, 7) is 1.69. The molecule has 14 heavy (non-hydrogen) atoms. The molecule has 0 saturated heterocycles. The van der Waals surface area contributed by atoms with E-state index in [9.17, 15) is 10.1 Å². The van der Waals surface area contributed by atoms with Gasteiger partial charge in [0.05, 0.1) is 15.6 Å². The summed E-state index contributed by atoms with van der Waals surface area (Å²) >= 11 is 3.29. The van der Waals surface area contributed by atoms with Crippen molar-refractivity contribution in [3.05, 3.63) is 38.7 Å². The van der Waals surface area contributed by atoms with Crippen molar-refractivity contribution in [2.45, 2.75) is 6.92 Å². The van der Waals surface area contributed by atoms with Crippen LogP contribution in [0.4, 0.5) is 5.69 Å². The van der Waals surface area contributed by atoms with Crippen molar-refractivity contribution in [3.8, 4) is 0 Å². The molecule has 0 unspecified atom stereocenters. The van der Waals surface area contributed by atoms with Crippen LogP contribution in [-0.2, 0) is 0 Å². The maximum absolute atomic E-state index is 10.7. The van der Waals surface area contributed by atoms with Crippen LogP contribution in [0.5, 0.6) is 0 Å². The summed E-state index contributed by atoms with van der Waals surface area (Å²) in [5.74, 6) is 0. The van der Waals surface area contributed by atoms with Crippen molar-refractivity contribution in [2.75, 3.05) is 0 Å². The van der Waals surface area contributed by atoms with Gasteiger partial charge in [-0.05, 0) is 22.9 Å². The highest BCUT2D eigenvalue weighted by molar-refractivity contribution is 9.10. The molecule has 0 aliphatic heterocycles. The Morgan fingerprint density at radius 2 is 2.36 bits per heavy atom. The Balaban J connectivity index is 2.87. The van der Waals surface area contributed by atoms with Crippen molar-refractivity contribution < 1.29 is 4.92 Å². The van der Waals surface area contributed by atoms with Crippen molar-refractivity contribution in [1.29, 1.82) is 0 Å². The van der Waals surface area contributed by atoms with Crippen LogP contribution in [-0.4, -0.2) is 14.3 Å². The first-order valence-corrected chi connectivity index (χ1v) is 4.66. The number of hydrogen-bond donors (Lipinski definition) is 0.